The zero-order valence-corrected chi connectivity index (χ0v) is 9.55. The maximum Gasteiger partial charge on any atom is 0.132 e. The number of ether oxygens (including phenoxy) is 1. The van der Waals surface area contributed by atoms with E-state index >= 15 is 0 Å². The lowest BCUT2D eigenvalue weighted by atomic mass is 10.1. The Kier molecular flexibility index (Phi) is 3.44. The molecule has 0 atom stereocenters. The average molecular weight is 227 g/mol. The summed E-state index contributed by atoms with van der Waals surface area (Å²) < 4.78 is 5.30. The first-order chi connectivity index (χ1) is 7.25. The van der Waals surface area contributed by atoms with Gasteiger partial charge in [0.15, 0.2) is 0 Å². The second kappa shape index (κ2) is 4.81. The van der Waals surface area contributed by atoms with Gasteiger partial charge in [-0.25, -0.2) is 4.98 Å². The zero-order chi connectivity index (χ0) is 10.7. The van der Waals surface area contributed by atoms with Crippen LogP contribution >= 0.6 is 11.6 Å². The third kappa shape index (κ3) is 2.83. The highest BCUT2D eigenvalue weighted by molar-refractivity contribution is 6.30. The fraction of sp³-hybridized carbons (Fsp3) is 0.545. The molecule has 1 fully saturated rings. The van der Waals surface area contributed by atoms with Gasteiger partial charge in [-0.15, -0.1) is 0 Å². The van der Waals surface area contributed by atoms with Gasteiger partial charge in [-0.1, -0.05) is 11.6 Å². The molecule has 4 heteroatoms. The van der Waals surface area contributed by atoms with Gasteiger partial charge in [0.1, 0.15) is 5.15 Å². The molecule has 0 saturated carbocycles. The Morgan fingerprint density at radius 3 is 2.87 bits per heavy atom. The minimum Gasteiger partial charge on any atom is -0.381 e. The van der Waals surface area contributed by atoms with E-state index in [1.807, 2.05) is 13.0 Å². The Balaban J connectivity index is 2.00. The standard InChI is InChI=1S/C11H15ClN2O/c1-8-6-10(7-13-11(8)12)14-9-2-4-15-5-3-9/h6-7,9,14H,2-5H2,1H3. The summed E-state index contributed by atoms with van der Waals surface area (Å²) in [5.41, 5.74) is 2.05. The maximum absolute atomic E-state index is 5.86. The van der Waals surface area contributed by atoms with Gasteiger partial charge in [-0.3, -0.25) is 0 Å². The Hall–Kier alpha value is -0.800. The molecule has 0 spiro atoms. The van der Waals surface area contributed by atoms with Crippen molar-refractivity contribution in [3.63, 3.8) is 0 Å². The monoisotopic (exact) mass is 226 g/mol. The Bertz CT molecular complexity index is 337. The second-order valence-electron chi connectivity index (χ2n) is 3.86. The molecule has 0 aliphatic carbocycles. The molecule has 2 rings (SSSR count). The summed E-state index contributed by atoms with van der Waals surface area (Å²) in [5.74, 6) is 0. The average Bonchev–Trinajstić information content (AvgIpc) is 2.25. The molecule has 2 heterocycles. The van der Waals surface area contributed by atoms with Crippen molar-refractivity contribution >= 4 is 17.3 Å². The summed E-state index contributed by atoms with van der Waals surface area (Å²) in [6.45, 7) is 3.65. The molecule has 1 saturated heterocycles. The summed E-state index contributed by atoms with van der Waals surface area (Å²) in [5, 5.41) is 4.02. The first-order valence-electron chi connectivity index (χ1n) is 5.22. The van der Waals surface area contributed by atoms with Gasteiger partial charge in [-0.05, 0) is 31.4 Å². The van der Waals surface area contributed by atoms with Gasteiger partial charge in [0, 0.05) is 19.3 Å². The first-order valence-corrected chi connectivity index (χ1v) is 5.60. The van der Waals surface area contributed by atoms with Crippen LogP contribution in [0.3, 0.4) is 0 Å². The SMILES string of the molecule is Cc1cc(NC2CCOCC2)cnc1Cl. The molecule has 82 valence electrons. The van der Waals surface area contributed by atoms with Crippen molar-refractivity contribution in [2.45, 2.75) is 25.8 Å². The number of nitrogens with one attached hydrogen (secondary N) is 1. The molecular weight excluding hydrogens is 212 g/mol. The van der Waals surface area contributed by atoms with Crippen molar-refractivity contribution in [3.8, 4) is 0 Å². The van der Waals surface area contributed by atoms with Gasteiger partial charge >= 0.3 is 0 Å². The number of aromatic nitrogens is 1. The lowest BCUT2D eigenvalue weighted by Crippen LogP contribution is -2.27. The molecule has 0 amide bonds. The van der Waals surface area contributed by atoms with Gasteiger partial charge in [-0.2, -0.15) is 0 Å². The molecule has 1 N–H and O–H groups in total. The smallest absolute Gasteiger partial charge is 0.132 e. The number of halogens is 1. The number of aryl methyl sites for hydroxylation is 1. The van der Waals surface area contributed by atoms with Gasteiger partial charge in [0.25, 0.3) is 0 Å². The third-order valence-electron chi connectivity index (χ3n) is 2.61. The highest BCUT2D eigenvalue weighted by atomic mass is 35.5. The summed E-state index contributed by atoms with van der Waals surface area (Å²) >= 11 is 5.86. The van der Waals surface area contributed by atoms with Crippen LogP contribution in [0.5, 0.6) is 0 Å². The molecule has 0 unspecified atom stereocenters. The molecule has 0 radical (unpaired) electrons. The van der Waals surface area contributed by atoms with E-state index in [0.29, 0.717) is 11.2 Å². The molecule has 1 aromatic heterocycles. The minimum atomic E-state index is 0.501. The molecule has 15 heavy (non-hydrogen) atoms. The number of hydrogen-bond acceptors (Lipinski definition) is 3. The maximum atomic E-state index is 5.86. The molecule has 1 aliphatic heterocycles. The lowest BCUT2D eigenvalue weighted by molar-refractivity contribution is 0.0904. The molecular formula is C11H15ClN2O. The Labute approximate surface area is 94.8 Å². The topological polar surface area (TPSA) is 34.1 Å². The van der Waals surface area contributed by atoms with E-state index in [4.69, 9.17) is 16.3 Å². The van der Waals surface area contributed by atoms with E-state index in [9.17, 15) is 0 Å². The zero-order valence-electron chi connectivity index (χ0n) is 8.79. The first kappa shape index (κ1) is 10.7. The fourth-order valence-corrected chi connectivity index (χ4v) is 1.82. The van der Waals surface area contributed by atoms with Crippen LogP contribution in [-0.4, -0.2) is 24.2 Å². The summed E-state index contributed by atoms with van der Waals surface area (Å²) in [6, 6.07) is 2.53. The molecule has 1 aromatic rings. The third-order valence-corrected chi connectivity index (χ3v) is 3.00. The van der Waals surface area contributed by atoms with Gasteiger partial charge in [0.2, 0.25) is 0 Å². The molecule has 3 nitrogen and oxygen atoms in total. The number of pyridine rings is 1. The van der Waals surface area contributed by atoms with Crippen molar-refractivity contribution in [3.05, 3.63) is 23.0 Å². The van der Waals surface area contributed by atoms with Crippen molar-refractivity contribution in [2.24, 2.45) is 0 Å². The van der Waals surface area contributed by atoms with Crippen molar-refractivity contribution in [2.75, 3.05) is 18.5 Å². The quantitative estimate of drug-likeness (QED) is 0.788. The Morgan fingerprint density at radius 2 is 2.20 bits per heavy atom. The number of nitrogens with zero attached hydrogens (tertiary/aromatic N) is 1. The second-order valence-corrected chi connectivity index (χ2v) is 4.22. The highest BCUT2D eigenvalue weighted by Crippen LogP contribution is 2.19. The van der Waals surface area contributed by atoms with Crippen LogP contribution in [0.2, 0.25) is 5.15 Å². The number of hydrogen-bond donors (Lipinski definition) is 1. The molecule has 1 aliphatic rings. The number of anilines is 1. The van der Waals surface area contributed by atoms with E-state index in [0.717, 1.165) is 37.3 Å². The van der Waals surface area contributed by atoms with Gasteiger partial charge in [0.05, 0.1) is 11.9 Å². The van der Waals surface area contributed by atoms with E-state index < -0.39 is 0 Å². The van der Waals surface area contributed by atoms with Crippen LogP contribution in [0.1, 0.15) is 18.4 Å². The van der Waals surface area contributed by atoms with Crippen LogP contribution < -0.4 is 5.32 Å². The van der Waals surface area contributed by atoms with Crippen LogP contribution in [0.15, 0.2) is 12.3 Å². The van der Waals surface area contributed by atoms with E-state index in [2.05, 4.69) is 10.3 Å². The normalized spacial score (nSPS) is 17.7. The van der Waals surface area contributed by atoms with E-state index in [1.54, 1.807) is 6.20 Å². The van der Waals surface area contributed by atoms with Crippen LogP contribution in [0.4, 0.5) is 5.69 Å². The largest absolute Gasteiger partial charge is 0.381 e. The van der Waals surface area contributed by atoms with Crippen molar-refractivity contribution in [1.29, 1.82) is 0 Å². The predicted octanol–water partition coefficient (Wildman–Crippen LogP) is 2.63. The predicted molar refractivity (Wildman–Crippen MR) is 61.4 cm³/mol. The fourth-order valence-electron chi connectivity index (χ4n) is 1.71. The minimum absolute atomic E-state index is 0.501. The van der Waals surface area contributed by atoms with Crippen molar-refractivity contribution < 1.29 is 4.74 Å². The van der Waals surface area contributed by atoms with Crippen molar-refractivity contribution in [1.82, 2.24) is 4.98 Å². The van der Waals surface area contributed by atoms with Crippen LogP contribution in [-0.2, 0) is 4.74 Å². The van der Waals surface area contributed by atoms with Gasteiger partial charge < -0.3 is 10.1 Å². The van der Waals surface area contributed by atoms with Crippen LogP contribution in [0.25, 0.3) is 0 Å². The molecule has 0 aromatic carbocycles. The van der Waals surface area contributed by atoms with E-state index in [1.165, 1.54) is 0 Å². The lowest BCUT2D eigenvalue weighted by Gasteiger charge is -2.24. The van der Waals surface area contributed by atoms with Crippen LogP contribution in [0, 0.1) is 6.92 Å². The highest BCUT2D eigenvalue weighted by Gasteiger charge is 2.13. The van der Waals surface area contributed by atoms with E-state index in [-0.39, 0.29) is 0 Å². The summed E-state index contributed by atoms with van der Waals surface area (Å²) in [7, 11) is 0. The summed E-state index contributed by atoms with van der Waals surface area (Å²) in [4.78, 5) is 4.12. The summed E-state index contributed by atoms with van der Waals surface area (Å²) in [6.07, 6.45) is 3.90. The molecule has 0 bridgehead atoms. The number of rotatable bonds is 2. The Morgan fingerprint density at radius 1 is 1.47 bits per heavy atom.